The van der Waals surface area contributed by atoms with E-state index in [9.17, 15) is 9.59 Å². The van der Waals surface area contributed by atoms with E-state index < -0.39 is 6.04 Å². The van der Waals surface area contributed by atoms with Crippen molar-refractivity contribution in [2.75, 3.05) is 7.05 Å². The average molecular weight is 335 g/mol. The predicted octanol–water partition coefficient (Wildman–Crippen LogP) is 2.21. The van der Waals surface area contributed by atoms with Crippen molar-refractivity contribution in [3.05, 3.63) is 71.9 Å². The van der Waals surface area contributed by atoms with Crippen LogP contribution in [0.3, 0.4) is 0 Å². The minimum absolute atomic E-state index is 0.119. The fourth-order valence-corrected chi connectivity index (χ4v) is 3.07. The number of para-hydroxylation sites is 1. The molecule has 1 atom stereocenters. The number of benzene rings is 2. The van der Waals surface area contributed by atoms with Crippen LogP contribution in [0.5, 0.6) is 0 Å². The van der Waals surface area contributed by atoms with E-state index in [-0.39, 0.29) is 5.91 Å². The largest absolute Gasteiger partial charge is 0.340 e. The van der Waals surface area contributed by atoms with E-state index in [0.717, 1.165) is 28.4 Å². The number of nitrogens with zero attached hydrogens (tertiary/aromatic N) is 2. The summed E-state index contributed by atoms with van der Waals surface area (Å²) in [5, 5.41) is 0.948. The molecular weight excluding hydrogens is 314 g/mol. The number of likely N-dealkylation sites (N-methyl/N-ethyl adjacent to an activating group) is 1. The van der Waals surface area contributed by atoms with Crippen LogP contribution in [0.1, 0.15) is 11.1 Å². The summed E-state index contributed by atoms with van der Waals surface area (Å²) in [6.07, 6.45) is 2.90. The van der Waals surface area contributed by atoms with Gasteiger partial charge in [0.1, 0.15) is 0 Å². The van der Waals surface area contributed by atoms with E-state index in [2.05, 4.69) is 0 Å². The summed E-state index contributed by atoms with van der Waals surface area (Å²) in [4.78, 5) is 25.4. The molecule has 1 amide bonds. The number of amides is 1. The van der Waals surface area contributed by atoms with Gasteiger partial charge >= 0.3 is 0 Å². The Hall–Kier alpha value is -2.92. The van der Waals surface area contributed by atoms with Gasteiger partial charge in [0.2, 0.25) is 12.3 Å². The molecule has 5 heteroatoms. The Bertz CT molecular complexity index is 886. The van der Waals surface area contributed by atoms with Gasteiger partial charge < -0.3 is 10.6 Å². The van der Waals surface area contributed by atoms with Gasteiger partial charge in [0, 0.05) is 25.2 Å². The van der Waals surface area contributed by atoms with Gasteiger partial charge in [-0.1, -0.05) is 48.5 Å². The van der Waals surface area contributed by atoms with Crippen LogP contribution in [-0.2, 0) is 22.6 Å². The molecule has 0 fully saturated rings. The Kier molecular flexibility index (Phi) is 4.95. The zero-order valence-electron chi connectivity index (χ0n) is 14.1. The molecule has 0 bridgehead atoms. The molecule has 25 heavy (non-hydrogen) atoms. The third-order valence-corrected chi connectivity index (χ3v) is 4.33. The van der Waals surface area contributed by atoms with Gasteiger partial charge in [-0.3, -0.25) is 14.2 Å². The summed E-state index contributed by atoms with van der Waals surface area (Å²) in [6, 6.07) is 16.8. The van der Waals surface area contributed by atoms with Crippen molar-refractivity contribution in [2.45, 2.75) is 19.0 Å². The molecule has 0 spiro atoms. The van der Waals surface area contributed by atoms with Crippen LogP contribution in [0, 0.1) is 0 Å². The minimum atomic E-state index is -0.653. The third kappa shape index (κ3) is 3.61. The number of fused-ring (bicyclic) bond motifs is 1. The van der Waals surface area contributed by atoms with E-state index >= 15 is 0 Å². The molecule has 0 aliphatic heterocycles. The summed E-state index contributed by atoms with van der Waals surface area (Å²) in [7, 11) is 1.75. The van der Waals surface area contributed by atoms with E-state index in [1.54, 1.807) is 18.1 Å². The molecule has 0 radical (unpaired) electrons. The SMILES string of the molecule is CN(Cc1ccccc1)C(=O)[C@@H](N)Cc1cn(C=O)c2ccccc12. The fraction of sp³-hybridized carbons (Fsp3) is 0.200. The second-order valence-electron chi connectivity index (χ2n) is 6.17. The van der Waals surface area contributed by atoms with Crippen molar-refractivity contribution in [3.63, 3.8) is 0 Å². The molecule has 3 rings (SSSR count). The van der Waals surface area contributed by atoms with Gasteiger partial charge in [-0.2, -0.15) is 0 Å². The highest BCUT2D eigenvalue weighted by Gasteiger charge is 2.20. The molecule has 2 aromatic carbocycles. The number of rotatable bonds is 6. The van der Waals surface area contributed by atoms with E-state index in [1.807, 2.05) is 54.6 Å². The molecule has 5 nitrogen and oxygen atoms in total. The summed E-state index contributed by atoms with van der Waals surface area (Å²) < 4.78 is 1.52. The van der Waals surface area contributed by atoms with Crippen LogP contribution < -0.4 is 5.73 Å². The lowest BCUT2D eigenvalue weighted by atomic mass is 10.0. The van der Waals surface area contributed by atoms with Crippen LogP contribution >= 0.6 is 0 Å². The Balaban J connectivity index is 1.74. The van der Waals surface area contributed by atoms with Crippen LogP contribution in [0.2, 0.25) is 0 Å². The van der Waals surface area contributed by atoms with Crippen LogP contribution in [-0.4, -0.2) is 34.9 Å². The van der Waals surface area contributed by atoms with Gasteiger partial charge in [-0.25, -0.2) is 0 Å². The van der Waals surface area contributed by atoms with E-state index in [1.165, 1.54) is 4.57 Å². The van der Waals surface area contributed by atoms with Crippen molar-refractivity contribution in [3.8, 4) is 0 Å². The van der Waals surface area contributed by atoms with Crippen molar-refractivity contribution in [2.24, 2.45) is 5.73 Å². The van der Waals surface area contributed by atoms with Gasteiger partial charge in [0.25, 0.3) is 0 Å². The first-order chi connectivity index (χ1) is 12.1. The van der Waals surface area contributed by atoms with Crippen molar-refractivity contribution < 1.29 is 9.59 Å². The zero-order chi connectivity index (χ0) is 17.8. The number of hydrogen-bond donors (Lipinski definition) is 1. The lowest BCUT2D eigenvalue weighted by molar-refractivity contribution is -0.131. The second kappa shape index (κ2) is 7.32. The highest BCUT2D eigenvalue weighted by Crippen LogP contribution is 2.21. The molecule has 0 unspecified atom stereocenters. The van der Waals surface area contributed by atoms with E-state index in [0.29, 0.717) is 13.0 Å². The molecular formula is C20H21N3O2. The number of hydrogen-bond acceptors (Lipinski definition) is 3. The van der Waals surface area contributed by atoms with Crippen LogP contribution in [0.15, 0.2) is 60.8 Å². The van der Waals surface area contributed by atoms with Gasteiger partial charge in [-0.05, 0) is 23.6 Å². The van der Waals surface area contributed by atoms with Gasteiger partial charge in [-0.15, -0.1) is 0 Å². The molecule has 1 heterocycles. The standard InChI is InChI=1S/C20H21N3O2/c1-22(12-15-7-3-2-4-8-15)20(25)18(21)11-16-13-23(14-24)19-10-6-5-9-17(16)19/h2-10,13-14,18H,11-12,21H2,1H3/t18-/m0/s1. The molecule has 0 saturated carbocycles. The van der Waals surface area contributed by atoms with Crippen molar-refractivity contribution in [1.29, 1.82) is 0 Å². The first-order valence-electron chi connectivity index (χ1n) is 8.18. The highest BCUT2D eigenvalue weighted by atomic mass is 16.2. The lowest BCUT2D eigenvalue weighted by Crippen LogP contribution is -2.42. The molecule has 128 valence electrons. The molecule has 0 aliphatic rings. The topological polar surface area (TPSA) is 68.3 Å². The van der Waals surface area contributed by atoms with Gasteiger partial charge in [0.05, 0.1) is 11.6 Å². The lowest BCUT2D eigenvalue weighted by Gasteiger charge is -2.21. The summed E-state index contributed by atoms with van der Waals surface area (Å²) in [5.74, 6) is -0.119. The molecule has 3 aromatic rings. The second-order valence-corrected chi connectivity index (χ2v) is 6.17. The van der Waals surface area contributed by atoms with E-state index in [4.69, 9.17) is 5.73 Å². The predicted molar refractivity (Wildman–Crippen MR) is 98.7 cm³/mol. The number of aromatic nitrogens is 1. The smallest absolute Gasteiger partial charge is 0.239 e. The van der Waals surface area contributed by atoms with Crippen LogP contribution in [0.4, 0.5) is 0 Å². The quantitative estimate of drug-likeness (QED) is 0.702. The summed E-state index contributed by atoms with van der Waals surface area (Å²) in [5.41, 5.74) is 8.94. The number of carbonyl (C=O) groups is 2. The molecule has 0 aliphatic carbocycles. The number of carbonyl (C=O) groups excluding carboxylic acids is 2. The van der Waals surface area contributed by atoms with Crippen molar-refractivity contribution >= 4 is 23.2 Å². The summed E-state index contributed by atoms with van der Waals surface area (Å²) in [6.45, 7) is 0.517. The Labute approximate surface area is 146 Å². The third-order valence-electron chi connectivity index (χ3n) is 4.33. The fourth-order valence-electron chi connectivity index (χ4n) is 3.07. The maximum absolute atomic E-state index is 12.6. The monoisotopic (exact) mass is 335 g/mol. The molecule has 1 aromatic heterocycles. The highest BCUT2D eigenvalue weighted by molar-refractivity contribution is 5.89. The zero-order valence-corrected chi connectivity index (χ0v) is 14.1. The minimum Gasteiger partial charge on any atom is -0.340 e. The molecule has 2 N–H and O–H groups in total. The maximum atomic E-state index is 12.6. The Morgan fingerprint density at radius 1 is 1.16 bits per heavy atom. The first kappa shape index (κ1) is 16.9. The Morgan fingerprint density at radius 3 is 2.56 bits per heavy atom. The molecule has 0 saturated heterocycles. The first-order valence-corrected chi connectivity index (χ1v) is 8.18. The van der Waals surface area contributed by atoms with Crippen molar-refractivity contribution in [1.82, 2.24) is 9.47 Å². The van der Waals surface area contributed by atoms with Crippen LogP contribution in [0.25, 0.3) is 10.9 Å². The maximum Gasteiger partial charge on any atom is 0.239 e. The van der Waals surface area contributed by atoms with Gasteiger partial charge in [0.15, 0.2) is 0 Å². The normalized spacial score (nSPS) is 12.1. The average Bonchev–Trinajstić information content (AvgIpc) is 2.99. The summed E-state index contributed by atoms with van der Waals surface area (Å²) >= 11 is 0. The number of nitrogens with two attached hydrogens (primary N) is 1. The Morgan fingerprint density at radius 2 is 1.84 bits per heavy atom.